The summed E-state index contributed by atoms with van der Waals surface area (Å²) in [6.07, 6.45) is -4.13. The van der Waals surface area contributed by atoms with E-state index in [1.807, 2.05) is 0 Å². The fraction of sp³-hybridized carbons (Fsp3) is 0.250. The number of carbonyl (C=O) groups excluding carboxylic acids is 2. The zero-order chi connectivity index (χ0) is 13.2. The zero-order valence-electron chi connectivity index (χ0n) is 8.05. The highest BCUT2D eigenvalue weighted by atomic mass is 32.1. The van der Waals surface area contributed by atoms with E-state index in [0.717, 1.165) is 11.3 Å². The largest absolute Gasteiger partial charge is 0.383 e. The summed E-state index contributed by atoms with van der Waals surface area (Å²) in [5.41, 5.74) is 4.67. The van der Waals surface area contributed by atoms with Gasteiger partial charge in [0.15, 0.2) is 0 Å². The van der Waals surface area contributed by atoms with Crippen molar-refractivity contribution in [3.8, 4) is 0 Å². The molecule has 0 radical (unpaired) electrons. The maximum absolute atomic E-state index is 12.6. The molecule has 1 rings (SSSR count). The van der Waals surface area contributed by atoms with Crippen molar-refractivity contribution in [3.05, 3.63) is 17.0 Å². The average Bonchev–Trinajstić information content (AvgIpc) is 2.65. The Morgan fingerprint density at radius 2 is 2.00 bits per heavy atom. The highest BCUT2D eigenvalue weighted by Gasteiger charge is 2.49. The fourth-order valence-electron chi connectivity index (χ4n) is 0.886. The molecular formula is C8H6F4N2O2S. The van der Waals surface area contributed by atoms with Gasteiger partial charge in [0, 0.05) is 0 Å². The van der Waals surface area contributed by atoms with Crippen molar-refractivity contribution in [2.75, 3.05) is 5.32 Å². The van der Waals surface area contributed by atoms with E-state index in [0.29, 0.717) is 0 Å². The first-order valence-electron chi connectivity index (χ1n) is 4.11. The van der Waals surface area contributed by atoms with Gasteiger partial charge in [-0.05, 0) is 11.4 Å². The molecule has 9 heteroatoms. The molecule has 0 spiro atoms. The SMILES string of the molecule is NC(=O)c1ccsc1NC(=O)C(F)(F)C(F)F. The molecule has 2 amide bonds. The Labute approximate surface area is 96.4 Å². The van der Waals surface area contributed by atoms with Crippen LogP contribution < -0.4 is 11.1 Å². The van der Waals surface area contributed by atoms with Crippen molar-refractivity contribution in [2.24, 2.45) is 5.73 Å². The maximum Gasteiger partial charge on any atom is 0.383 e. The van der Waals surface area contributed by atoms with Gasteiger partial charge in [0.05, 0.1) is 5.56 Å². The van der Waals surface area contributed by atoms with Crippen LogP contribution in [0.1, 0.15) is 10.4 Å². The molecule has 1 aromatic rings. The van der Waals surface area contributed by atoms with Crippen molar-refractivity contribution >= 4 is 28.2 Å². The summed E-state index contributed by atoms with van der Waals surface area (Å²) in [6, 6.07) is 1.18. The standard InChI is InChI=1S/C8H6F4N2O2S/c9-6(10)8(11,12)7(16)14-5-3(4(13)15)1-2-17-5/h1-2,6H,(H2,13,15)(H,14,16). The van der Waals surface area contributed by atoms with Crippen LogP contribution in [0.25, 0.3) is 0 Å². The molecule has 1 heterocycles. The predicted octanol–water partition coefficient (Wildman–Crippen LogP) is 1.69. The second-order valence-corrected chi connectivity index (χ2v) is 3.82. The first-order valence-corrected chi connectivity index (χ1v) is 4.99. The van der Waals surface area contributed by atoms with Crippen LogP contribution in [0.2, 0.25) is 0 Å². The van der Waals surface area contributed by atoms with Crippen molar-refractivity contribution < 1.29 is 27.2 Å². The molecule has 3 N–H and O–H groups in total. The van der Waals surface area contributed by atoms with Crippen LogP contribution in [-0.2, 0) is 4.79 Å². The number of hydrogen-bond acceptors (Lipinski definition) is 3. The number of thiophene rings is 1. The van der Waals surface area contributed by atoms with Gasteiger partial charge in [-0.25, -0.2) is 8.78 Å². The molecule has 4 nitrogen and oxygen atoms in total. The number of hydrogen-bond donors (Lipinski definition) is 2. The third kappa shape index (κ3) is 2.73. The number of nitrogens with one attached hydrogen (secondary N) is 1. The molecule has 0 aliphatic rings. The summed E-state index contributed by atoms with van der Waals surface area (Å²) in [5, 5.41) is 2.55. The van der Waals surface area contributed by atoms with Gasteiger partial charge in [0.1, 0.15) is 5.00 Å². The fourth-order valence-corrected chi connectivity index (χ4v) is 1.67. The van der Waals surface area contributed by atoms with E-state index in [9.17, 15) is 27.2 Å². The van der Waals surface area contributed by atoms with E-state index in [2.05, 4.69) is 0 Å². The summed E-state index contributed by atoms with van der Waals surface area (Å²) in [5.74, 6) is -7.96. The van der Waals surface area contributed by atoms with Gasteiger partial charge in [-0.3, -0.25) is 9.59 Å². The Bertz CT molecular complexity index is 446. The Hall–Kier alpha value is -1.64. The summed E-state index contributed by atoms with van der Waals surface area (Å²) >= 11 is 0.723. The molecular weight excluding hydrogens is 264 g/mol. The first kappa shape index (κ1) is 13.4. The smallest absolute Gasteiger partial charge is 0.366 e. The predicted molar refractivity (Wildman–Crippen MR) is 52.4 cm³/mol. The Morgan fingerprint density at radius 1 is 1.41 bits per heavy atom. The van der Waals surface area contributed by atoms with E-state index in [4.69, 9.17) is 5.73 Å². The Balaban J connectivity index is 2.89. The molecule has 0 aromatic carbocycles. The summed E-state index contributed by atoms with van der Waals surface area (Å²) in [7, 11) is 0. The molecule has 0 aliphatic heterocycles. The van der Waals surface area contributed by atoms with Gasteiger partial charge in [-0.2, -0.15) is 8.78 Å². The molecule has 0 fully saturated rings. The lowest BCUT2D eigenvalue weighted by atomic mass is 10.3. The van der Waals surface area contributed by atoms with Crippen molar-refractivity contribution in [1.82, 2.24) is 0 Å². The third-order valence-electron chi connectivity index (χ3n) is 1.73. The number of nitrogens with two attached hydrogens (primary N) is 1. The minimum Gasteiger partial charge on any atom is -0.366 e. The van der Waals surface area contributed by atoms with Crippen LogP contribution >= 0.6 is 11.3 Å². The second-order valence-electron chi connectivity index (χ2n) is 2.91. The van der Waals surface area contributed by atoms with E-state index in [1.165, 1.54) is 11.4 Å². The van der Waals surface area contributed by atoms with Crippen LogP contribution in [0.5, 0.6) is 0 Å². The van der Waals surface area contributed by atoms with Crippen molar-refractivity contribution in [3.63, 3.8) is 0 Å². The molecule has 94 valence electrons. The average molecular weight is 270 g/mol. The quantitative estimate of drug-likeness (QED) is 0.817. The van der Waals surface area contributed by atoms with Gasteiger partial charge < -0.3 is 11.1 Å². The number of carbonyl (C=O) groups is 2. The number of primary amides is 1. The monoisotopic (exact) mass is 270 g/mol. The molecule has 0 aliphatic carbocycles. The molecule has 0 atom stereocenters. The van der Waals surface area contributed by atoms with Crippen LogP contribution in [-0.4, -0.2) is 24.2 Å². The number of amides is 2. The van der Waals surface area contributed by atoms with Gasteiger partial charge >= 0.3 is 18.3 Å². The maximum atomic E-state index is 12.6. The lowest BCUT2D eigenvalue weighted by Crippen LogP contribution is -2.41. The number of rotatable bonds is 4. The van der Waals surface area contributed by atoms with Crippen LogP contribution in [0.15, 0.2) is 11.4 Å². The molecule has 1 aromatic heterocycles. The molecule has 0 bridgehead atoms. The Kier molecular flexibility index (Phi) is 3.71. The lowest BCUT2D eigenvalue weighted by molar-refractivity contribution is -0.163. The van der Waals surface area contributed by atoms with E-state index < -0.39 is 24.2 Å². The summed E-state index contributed by atoms with van der Waals surface area (Å²) in [4.78, 5) is 21.7. The highest BCUT2D eigenvalue weighted by molar-refractivity contribution is 7.14. The minimum atomic E-state index is -4.82. The van der Waals surface area contributed by atoms with Crippen LogP contribution in [0, 0.1) is 0 Å². The third-order valence-corrected chi connectivity index (χ3v) is 2.56. The molecule has 17 heavy (non-hydrogen) atoms. The number of anilines is 1. The topological polar surface area (TPSA) is 72.2 Å². The van der Waals surface area contributed by atoms with Gasteiger partial charge in [-0.1, -0.05) is 0 Å². The van der Waals surface area contributed by atoms with E-state index >= 15 is 0 Å². The van der Waals surface area contributed by atoms with E-state index in [1.54, 1.807) is 5.32 Å². The first-order chi connectivity index (χ1) is 7.76. The lowest BCUT2D eigenvalue weighted by Gasteiger charge is -2.14. The second kappa shape index (κ2) is 4.70. The van der Waals surface area contributed by atoms with Gasteiger partial charge in [0.2, 0.25) is 0 Å². The summed E-state index contributed by atoms with van der Waals surface area (Å²) < 4.78 is 48.9. The van der Waals surface area contributed by atoms with Gasteiger partial charge in [-0.15, -0.1) is 11.3 Å². The van der Waals surface area contributed by atoms with Crippen LogP contribution in [0.3, 0.4) is 0 Å². The Morgan fingerprint density at radius 3 is 2.47 bits per heavy atom. The van der Waals surface area contributed by atoms with Crippen molar-refractivity contribution in [2.45, 2.75) is 12.3 Å². The molecule has 0 saturated carbocycles. The highest BCUT2D eigenvalue weighted by Crippen LogP contribution is 2.28. The molecule has 0 saturated heterocycles. The van der Waals surface area contributed by atoms with Gasteiger partial charge in [0.25, 0.3) is 5.91 Å². The summed E-state index contributed by atoms with van der Waals surface area (Å²) in [6.45, 7) is 0. The van der Waals surface area contributed by atoms with Crippen molar-refractivity contribution in [1.29, 1.82) is 0 Å². The normalized spacial score (nSPS) is 11.6. The number of alkyl halides is 4. The minimum absolute atomic E-state index is 0.214. The van der Waals surface area contributed by atoms with E-state index in [-0.39, 0.29) is 10.6 Å². The molecule has 0 unspecified atom stereocenters. The number of halogens is 4. The zero-order valence-corrected chi connectivity index (χ0v) is 8.86. The van der Waals surface area contributed by atoms with Crippen LogP contribution in [0.4, 0.5) is 22.6 Å².